The Morgan fingerprint density at radius 3 is 2.73 bits per heavy atom. The lowest BCUT2D eigenvalue weighted by Gasteiger charge is -2.21. The van der Waals surface area contributed by atoms with E-state index in [0.717, 1.165) is 4.88 Å². The summed E-state index contributed by atoms with van der Waals surface area (Å²) >= 11 is 1.41. The quantitative estimate of drug-likeness (QED) is 0.833. The molecule has 0 aliphatic carbocycles. The third kappa shape index (κ3) is 3.85. The van der Waals surface area contributed by atoms with Gasteiger partial charge >= 0.3 is 5.97 Å². The third-order valence-corrected chi connectivity index (χ3v) is 4.72. The number of rotatable bonds is 6. The predicted molar refractivity (Wildman–Crippen MR) is 82.4 cm³/mol. The largest absolute Gasteiger partial charge is 0.481 e. The average molecular weight is 324 g/mol. The highest BCUT2D eigenvalue weighted by Crippen LogP contribution is 2.25. The van der Waals surface area contributed by atoms with Crippen molar-refractivity contribution >= 4 is 29.1 Å². The van der Waals surface area contributed by atoms with Gasteiger partial charge in [-0.15, -0.1) is 11.3 Å². The van der Waals surface area contributed by atoms with Crippen molar-refractivity contribution in [2.24, 2.45) is 5.92 Å². The minimum atomic E-state index is -0.968. The molecule has 0 saturated carbocycles. The van der Waals surface area contributed by atoms with Crippen LogP contribution < -0.4 is 5.32 Å². The van der Waals surface area contributed by atoms with Crippen LogP contribution in [0.25, 0.3) is 0 Å². The molecule has 0 bridgehead atoms. The van der Waals surface area contributed by atoms with E-state index in [9.17, 15) is 14.4 Å². The van der Waals surface area contributed by atoms with Gasteiger partial charge in [-0.2, -0.15) is 0 Å². The Kier molecular flexibility index (Phi) is 5.18. The lowest BCUT2D eigenvalue weighted by Crippen LogP contribution is -2.37. The number of carboxylic acid groups (broad SMARTS) is 1. The Morgan fingerprint density at radius 2 is 2.23 bits per heavy atom. The van der Waals surface area contributed by atoms with Crippen molar-refractivity contribution in [3.05, 3.63) is 22.4 Å². The molecule has 22 heavy (non-hydrogen) atoms. The molecule has 7 heteroatoms. The second-order valence-electron chi connectivity index (χ2n) is 5.72. The van der Waals surface area contributed by atoms with Crippen LogP contribution in [-0.2, 0) is 14.4 Å². The molecule has 2 atom stereocenters. The maximum Gasteiger partial charge on any atom is 0.305 e. The number of hydrogen-bond acceptors (Lipinski definition) is 4. The SMILES string of the molecule is CC(C)N1CC(C(=O)NC(CC(=O)O)c2cccs2)CC1=O. The van der Waals surface area contributed by atoms with Gasteiger partial charge in [-0.1, -0.05) is 6.07 Å². The molecule has 1 aliphatic rings. The van der Waals surface area contributed by atoms with Crippen LogP contribution in [0.3, 0.4) is 0 Å². The van der Waals surface area contributed by atoms with Crippen molar-refractivity contribution in [2.75, 3.05) is 6.54 Å². The zero-order valence-corrected chi connectivity index (χ0v) is 13.4. The summed E-state index contributed by atoms with van der Waals surface area (Å²) in [6, 6.07) is 3.14. The van der Waals surface area contributed by atoms with Crippen LogP contribution in [0.1, 0.15) is 37.6 Å². The van der Waals surface area contributed by atoms with Gasteiger partial charge in [0.05, 0.1) is 18.4 Å². The van der Waals surface area contributed by atoms with E-state index < -0.39 is 17.9 Å². The van der Waals surface area contributed by atoms with E-state index in [1.54, 1.807) is 11.0 Å². The Balaban J connectivity index is 2.03. The number of carboxylic acids is 1. The highest BCUT2D eigenvalue weighted by atomic mass is 32.1. The fourth-order valence-corrected chi connectivity index (χ4v) is 3.36. The Labute approximate surface area is 133 Å². The number of hydrogen-bond donors (Lipinski definition) is 2. The normalized spacial score (nSPS) is 19.5. The lowest BCUT2D eigenvalue weighted by molar-refractivity contribution is -0.138. The molecule has 6 nitrogen and oxygen atoms in total. The summed E-state index contributed by atoms with van der Waals surface area (Å²) in [7, 11) is 0. The van der Waals surface area contributed by atoms with Gasteiger partial charge < -0.3 is 15.3 Å². The summed E-state index contributed by atoms with van der Waals surface area (Å²) in [5.41, 5.74) is 0. The molecule has 1 aliphatic heterocycles. The maximum atomic E-state index is 12.4. The number of carbonyl (C=O) groups is 3. The highest BCUT2D eigenvalue weighted by Gasteiger charge is 2.36. The van der Waals surface area contributed by atoms with Crippen LogP contribution in [-0.4, -0.2) is 40.4 Å². The van der Waals surface area contributed by atoms with E-state index in [4.69, 9.17) is 5.11 Å². The van der Waals surface area contributed by atoms with E-state index >= 15 is 0 Å². The second-order valence-corrected chi connectivity index (χ2v) is 6.69. The molecule has 1 fully saturated rings. The van der Waals surface area contributed by atoms with Crippen molar-refractivity contribution in [2.45, 2.75) is 38.8 Å². The number of amides is 2. The van der Waals surface area contributed by atoms with Gasteiger partial charge in [-0.25, -0.2) is 0 Å². The van der Waals surface area contributed by atoms with E-state index in [2.05, 4.69) is 5.32 Å². The first-order chi connectivity index (χ1) is 10.4. The molecule has 2 amide bonds. The van der Waals surface area contributed by atoms with Crippen molar-refractivity contribution in [3.8, 4) is 0 Å². The van der Waals surface area contributed by atoms with Gasteiger partial charge in [0.2, 0.25) is 11.8 Å². The van der Waals surface area contributed by atoms with Crippen molar-refractivity contribution in [1.29, 1.82) is 0 Å². The molecule has 1 aromatic rings. The van der Waals surface area contributed by atoms with Gasteiger partial charge in [0, 0.05) is 23.9 Å². The third-order valence-electron chi connectivity index (χ3n) is 3.73. The van der Waals surface area contributed by atoms with Gasteiger partial charge in [0.1, 0.15) is 0 Å². The summed E-state index contributed by atoms with van der Waals surface area (Å²) < 4.78 is 0. The lowest BCUT2D eigenvalue weighted by atomic mass is 10.1. The first-order valence-electron chi connectivity index (χ1n) is 7.23. The van der Waals surface area contributed by atoms with Crippen molar-refractivity contribution in [3.63, 3.8) is 0 Å². The van der Waals surface area contributed by atoms with Crippen molar-refractivity contribution < 1.29 is 19.5 Å². The fourth-order valence-electron chi connectivity index (χ4n) is 2.58. The fraction of sp³-hybridized carbons (Fsp3) is 0.533. The zero-order valence-electron chi connectivity index (χ0n) is 12.6. The van der Waals surface area contributed by atoms with E-state index in [1.807, 2.05) is 25.3 Å². The van der Waals surface area contributed by atoms with Gasteiger partial charge in [0.15, 0.2) is 0 Å². The average Bonchev–Trinajstić information content (AvgIpc) is 3.06. The summed E-state index contributed by atoms with van der Waals surface area (Å²) in [5, 5.41) is 13.6. The molecular formula is C15H20N2O4S. The topological polar surface area (TPSA) is 86.7 Å². The van der Waals surface area contributed by atoms with Crippen LogP contribution in [0.5, 0.6) is 0 Å². The Hall–Kier alpha value is -1.89. The molecule has 2 N–H and O–H groups in total. The summed E-state index contributed by atoms with van der Waals surface area (Å²) in [6.07, 6.45) is 0.0229. The Bertz CT molecular complexity index is 556. The number of likely N-dealkylation sites (tertiary alicyclic amines) is 1. The second kappa shape index (κ2) is 6.91. The molecule has 120 valence electrons. The van der Waals surface area contributed by atoms with Crippen LogP contribution in [0.4, 0.5) is 0 Å². The van der Waals surface area contributed by atoms with E-state index in [-0.39, 0.29) is 30.7 Å². The summed E-state index contributed by atoms with van der Waals surface area (Å²) in [6.45, 7) is 4.22. The van der Waals surface area contributed by atoms with Gasteiger partial charge in [-0.3, -0.25) is 14.4 Å². The predicted octanol–water partition coefficient (Wildman–Crippen LogP) is 1.64. The molecule has 2 rings (SSSR count). The number of aliphatic carboxylic acids is 1. The molecular weight excluding hydrogens is 304 g/mol. The molecule has 1 aromatic heterocycles. The highest BCUT2D eigenvalue weighted by molar-refractivity contribution is 7.10. The first kappa shape index (κ1) is 16.5. The van der Waals surface area contributed by atoms with Crippen LogP contribution in [0, 0.1) is 5.92 Å². The van der Waals surface area contributed by atoms with E-state index in [1.165, 1.54) is 11.3 Å². The smallest absolute Gasteiger partial charge is 0.305 e. The van der Waals surface area contributed by atoms with Crippen LogP contribution in [0.2, 0.25) is 0 Å². The molecule has 0 radical (unpaired) electrons. The molecule has 2 heterocycles. The number of nitrogens with zero attached hydrogens (tertiary/aromatic N) is 1. The zero-order chi connectivity index (χ0) is 16.3. The monoisotopic (exact) mass is 324 g/mol. The minimum Gasteiger partial charge on any atom is -0.481 e. The summed E-state index contributed by atoms with van der Waals surface area (Å²) in [5.74, 6) is -1.66. The molecule has 1 saturated heterocycles. The number of thiophene rings is 1. The molecule has 2 unspecified atom stereocenters. The maximum absolute atomic E-state index is 12.4. The first-order valence-corrected chi connectivity index (χ1v) is 8.11. The van der Waals surface area contributed by atoms with Crippen LogP contribution >= 0.6 is 11.3 Å². The Morgan fingerprint density at radius 1 is 1.50 bits per heavy atom. The van der Waals surface area contributed by atoms with E-state index in [0.29, 0.717) is 6.54 Å². The minimum absolute atomic E-state index is 0.0268. The number of nitrogens with one attached hydrogen (secondary N) is 1. The van der Waals surface area contributed by atoms with Crippen molar-refractivity contribution in [1.82, 2.24) is 10.2 Å². The number of carbonyl (C=O) groups excluding carboxylic acids is 2. The van der Waals surface area contributed by atoms with Gasteiger partial charge in [-0.05, 0) is 25.3 Å². The summed E-state index contributed by atoms with van der Waals surface area (Å²) in [4.78, 5) is 37.7. The van der Waals surface area contributed by atoms with Crippen LogP contribution in [0.15, 0.2) is 17.5 Å². The molecule has 0 spiro atoms. The standard InChI is InChI=1S/C15H20N2O4S/c1-9(2)17-8-10(6-13(17)18)15(21)16-11(7-14(19)20)12-4-3-5-22-12/h3-5,9-11H,6-8H2,1-2H3,(H,16,21)(H,19,20). The molecule has 0 aromatic carbocycles. The van der Waals surface area contributed by atoms with Gasteiger partial charge in [0.25, 0.3) is 0 Å².